The van der Waals surface area contributed by atoms with Crippen LogP contribution >= 0.6 is 0 Å². The van der Waals surface area contributed by atoms with Crippen LogP contribution in [-0.2, 0) is 12.8 Å². The van der Waals surface area contributed by atoms with E-state index < -0.39 is 0 Å². The summed E-state index contributed by atoms with van der Waals surface area (Å²) in [6.45, 7) is 1.67. The van der Waals surface area contributed by atoms with Gasteiger partial charge in [-0.3, -0.25) is 9.78 Å². The minimum absolute atomic E-state index is 0.108. The zero-order valence-electron chi connectivity index (χ0n) is 12.8. The van der Waals surface area contributed by atoms with Gasteiger partial charge >= 0.3 is 0 Å². The molecule has 2 aliphatic rings. The lowest BCUT2D eigenvalue weighted by molar-refractivity contribution is 0.0935. The molecule has 1 fully saturated rings. The Labute approximate surface area is 134 Å². The molecule has 118 valence electrons. The summed E-state index contributed by atoms with van der Waals surface area (Å²) >= 11 is 0. The van der Waals surface area contributed by atoms with Crippen LogP contribution in [0.3, 0.4) is 0 Å². The van der Waals surface area contributed by atoms with Crippen molar-refractivity contribution in [3.63, 3.8) is 0 Å². The maximum atomic E-state index is 12.2. The van der Waals surface area contributed by atoms with Crippen molar-refractivity contribution in [1.29, 1.82) is 0 Å². The molecule has 0 aromatic carbocycles. The van der Waals surface area contributed by atoms with Gasteiger partial charge in [0, 0.05) is 42.8 Å². The second kappa shape index (κ2) is 5.91. The normalized spacial score (nSPS) is 19.7. The van der Waals surface area contributed by atoms with E-state index in [1.54, 1.807) is 12.5 Å². The monoisotopic (exact) mass is 310 g/mol. The van der Waals surface area contributed by atoms with E-state index in [2.05, 4.69) is 30.2 Å². The van der Waals surface area contributed by atoms with Crippen LogP contribution in [0.25, 0.3) is 0 Å². The molecule has 4 rings (SSSR count). The minimum atomic E-state index is -0.169. The number of hydrogen-bond acceptors (Lipinski definition) is 6. The first-order chi connectivity index (χ1) is 11.3. The third-order valence-electron chi connectivity index (χ3n) is 4.47. The summed E-state index contributed by atoms with van der Waals surface area (Å²) in [4.78, 5) is 31.3. The van der Waals surface area contributed by atoms with E-state index in [4.69, 9.17) is 0 Å². The maximum absolute atomic E-state index is 12.2. The molecule has 7 heteroatoms. The Morgan fingerprint density at radius 2 is 2.17 bits per heavy atom. The van der Waals surface area contributed by atoms with Gasteiger partial charge in [0.2, 0.25) is 0 Å². The number of fused-ring (bicyclic) bond motifs is 1. The first-order valence-corrected chi connectivity index (χ1v) is 7.96. The van der Waals surface area contributed by atoms with Crippen molar-refractivity contribution in [3.05, 3.63) is 41.9 Å². The highest BCUT2D eigenvalue weighted by Gasteiger charge is 2.28. The summed E-state index contributed by atoms with van der Waals surface area (Å²) in [5, 5.41) is 3.04. The summed E-state index contributed by atoms with van der Waals surface area (Å²) in [5.74, 6) is 0.876. The molecule has 3 heterocycles. The molecular weight excluding hydrogens is 292 g/mol. The number of hydrogen-bond donors (Lipinski definition) is 1. The third kappa shape index (κ3) is 2.74. The van der Waals surface area contributed by atoms with Gasteiger partial charge in [-0.15, -0.1) is 0 Å². The number of nitrogens with zero attached hydrogens (tertiary/aromatic N) is 5. The average Bonchev–Trinajstić information content (AvgIpc) is 3.24. The molecule has 1 aliphatic heterocycles. The standard InChI is InChI=1S/C16H18N6O/c23-16(14-8-17-5-6-18-14)21-11-4-7-22(9-11)15-12-2-1-3-13(12)19-10-20-15/h5-6,8,10-11H,1-4,7,9H2,(H,21,23). The molecule has 0 radical (unpaired) electrons. The van der Waals surface area contributed by atoms with Gasteiger partial charge in [-0.05, 0) is 25.7 Å². The van der Waals surface area contributed by atoms with E-state index in [1.165, 1.54) is 23.7 Å². The predicted molar refractivity (Wildman–Crippen MR) is 84.2 cm³/mol. The van der Waals surface area contributed by atoms with Gasteiger partial charge in [-0.1, -0.05) is 0 Å². The molecule has 1 atom stereocenters. The second-order valence-corrected chi connectivity index (χ2v) is 5.97. The Hall–Kier alpha value is -2.57. The van der Waals surface area contributed by atoms with Crippen molar-refractivity contribution in [2.75, 3.05) is 18.0 Å². The maximum Gasteiger partial charge on any atom is 0.271 e. The Balaban J connectivity index is 1.44. The lowest BCUT2D eigenvalue weighted by Crippen LogP contribution is -2.37. The van der Waals surface area contributed by atoms with Crippen LogP contribution in [0.2, 0.25) is 0 Å². The Morgan fingerprint density at radius 3 is 3.04 bits per heavy atom. The first-order valence-electron chi connectivity index (χ1n) is 7.96. The highest BCUT2D eigenvalue weighted by atomic mass is 16.2. The van der Waals surface area contributed by atoms with E-state index in [0.29, 0.717) is 5.69 Å². The molecule has 0 saturated carbocycles. The molecule has 1 amide bonds. The molecule has 1 N–H and O–H groups in total. The summed E-state index contributed by atoms with van der Waals surface area (Å²) < 4.78 is 0. The van der Waals surface area contributed by atoms with Crippen LogP contribution in [0.1, 0.15) is 34.6 Å². The molecule has 1 saturated heterocycles. The van der Waals surface area contributed by atoms with Gasteiger partial charge in [-0.25, -0.2) is 15.0 Å². The summed E-state index contributed by atoms with van der Waals surface area (Å²) in [7, 11) is 0. The molecule has 0 bridgehead atoms. The topological polar surface area (TPSA) is 83.9 Å². The van der Waals surface area contributed by atoms with E-state index in [-0.39, 0.29) is 11.9 Å². The number of rotatable bonds is 3. The van der Waals surface area contributed by atoms with Gasteiger partial charge in [0.1, 0.15) is 17.8 Å². The molecule has 2 aromatic rings. The van der Waals surface area contributed by atoms with Crippen molar-refractivity contribution >= 4 is 11.7 Å². The largest absolute Gasteiger partial charge is 0.354 e. The van der Waals surface area contributed by atoms with Crippen LogP contribution in [-0.4, -0.2) is 45.0 Å². The van der Waals surface area contributed by atoms with Crippen molar-refractivity contribution in [3.8, 4) is 0 Å². The number of nitrogens with one attached hydrogen (secondary N) is 1. The predicted octanol–water partition coefficient (Wildman–Crippen LogP) is 0.764. The summed E-state index contributed by atoms with van der Waals surface area (Å²) in [6.07, 6.45) is 10.4. The van der Waals surface area contributed by atoms with Crippen molar-refractivity contribution in [2.24, 2.45) is 0 Å². The van der Waals surface area contributed by atoms with Crippen LogP contribution < -0.4 is 10.2 Å². The number of amides is 1. The molecule has 2 aromatic heterocycles. The third-order valence-corrected chi connectivity index (χ3v) is 4.47. The van der Waals surface area contributed by atoms with E-state index in [1.807, 2.05) is 0 Å². The van der Waals surface area contributed by atoms with Crippen LogP contribution in [0.5, 0.6) is 0 Å². The molecule has 1 unspecified atom stereocenters. The van der Waals surface area contributed by atoms with Gasteiger partial charge < -0.3 is 10.2 Å². The van der Waals surface area contributed by atoms with Crippen molar-refractivity contribution in [1.82, 2.24) is 25.3 Å². The summed E-state index contributed by atoms with van der Waals surface area (Å²) in [6, 6.07) is 0.108. The number of aryl methyl sites for hydroxylation is 1. The quantitative estimate of drug-likeness (QED) is 0.901. The van der Waals surface area contributed by atoms with Crippen molar-refractivity contribution < 1.29 is 4.79 Å². The SMILES string of the molecule is O=C(NC1CCN(c2ncnc3c2CCC3)C1)c1cnccn1. The zero-order valence-corrected chi connectivity index (χ0v) is 12.8. The molecule has 23 heavy (non-hydrogen) atoms. The lowest BCUT2D eigenvalue weighted by atomic mass is 10.2. The number of aromatic nitrogens is 4. The zero-order chi connectivity index (χ0) is 15.6. The summed E-state index contributed by atoms with van der Waals surface area (Å²) in [5.41, 5.74) is 2.82. The first kappa shape index (κ1) is 14.0. The highest BCUT2D eigenvalue weighted by Crippen LogP contribution is 2.29. The Kier molecular flexibility index (Phi) is 3.61. The fourth-order valence-electron chi connectivity index (χ4n) is 3.36. The molecule has 0 spiro atoms. The van der Waals surface area contributed by atoms with E-state index in [9.17, 15) is 4.79 Å². The average molecular weight is 310 g/mol. The van der Waals surface area contributed by atoms with Crippen molar-refractivity contribution in [2.45, 2.75) is 31.7 Å². The Bertz CT molecular complexity index is 720. The van der Waals surface area contributed by atoms with Gasteiger partial charge in [0.05, 0.1) is 6.20 Å². The Morgan fingerprint density at radius 1 is 1.22 bits per heavy atom. The minimum Gasteiger partial charge on any atom is -0.354 e. The lowest BCUT2D eigenvalue weighted by Gasteiger charge is -2.20. The van der Waals surface area contributed by atoms with Crippen LogP contribution in [0.15, 0.2) is 24.9 Å². The second-order valence-electron chi connectivity index (χ2n) is 5.97. The van der Waals surface area contributed by atoms with Crippen LogP contribution in [0.4, 0.5) is 5.82 Å². The van der Waals surface area contributed by atoms with Crippen LogP contribution in [0, 0.1) is 0 Å². The van der Waals surface area contributed by atoms with Gasteiger partial charge in [-0.2, -0.15) is 0 Å². The van der Waals surface area contributed by atoms with Gasteiger partial charge in [0.25, 0.3) is 5.91 Å². The number of carbonyl (C=O) groups excluding carboxylic acids is 1. The highest BCUT2D eigenvalue weighted by molar-refractivity contribution is 5.92. The number of carbonyl (C=O) groups is 1. The fourth-order valence-corrected chi connectivity index (χ4v) is 3.36. The molecule has 7 nitrogen and oxygen atoms in total. The number of anilines is 1. The van der Waals surface area contributed by atoms with Gasteiger partial charge in [0.15, 0.2) is 0 Å². The molecule has 1 aliphatic carbocycles. The fraction of sp³-hybridized carbons (Fsp3) is 0.438. The van der Waals surface area contributed by atoms with E-state index in [0.717, 1.165) is 44.6 Å². The smallest absolute Gasteiger partial charge is 0.271 e. The van der Waals surface area contributed by atoms with E-state index >= 15 is 0 Å². The molecular formula is C16H18N6O.